The predicted octanol–water partition coefficient (Wildman–Crippen LogP) is 21.6. The second kappa shape index (κ2) is 20.8. The minimum absolute atomic E-state index is 0.00354. The zero-order chi connectivity index (χ0) is 59.7. The first-order chi connectivity index (χ1) is 41.1. The maximum absolute atomic E-state index is 2.81. The molecule has 2 aliphatic heterocycles. The van der Waals surface area contributed by atoms with E-state index in [0.29, 0.717) is 0 Å². The maximum Gasteiger partial charge on any atom is 0.264 e. The lowest BCUT2D eigenvalue weighted by Crippen LogP contribution is -2.60. The van der Waals surface area contributed by atoms with E-state index >= 15 is 0 Å². The largest absolute Gasteiger partial charge is 0.311 e. The van der Waals surface area contributed by atoms with Gasteiger partial charge in [-0.3, -0.25) is 0 Å². The van der Waals surface area contributed by atoms with E-state index in [9.17, 15) is 0 Å². The first-order valence-electron chi connectivity index (χ1n) is 32.0. The third kappa shape index (κ3) is 9.81. The maximum atomic E-state index is 2.81. The number of fused-ring (bicyclic) bond motifs is 8. The van der Waals surface area contributed by atoms with Crippen molar-refractivity contribution in [1.29, 1.82) is 0 Å². The zero-order valence-corrected chi connectivity index (χ0v) is 53.7. The molecular formula is C81H84BN3S. The molecule has 4 aliphatic rings. The Hall–Kier alpha value is -7.60. The van der Waals surface area contributed by atoms with Gasteiger partial charge < -0.3 is 14.7 Å². The Morgan fingerprint density at radius 3 is 1.42 bits per heavy atom. The van der Waals surface area contributed by atoms with Crippen molar-refractivity contribution < 1.29 is 0 Å². The summed E-state index contributed by atoms with van der Waals surface area (Å²) in [7, 11) is 0. The molecule has 0 spiro atoms. The van der Waals surface area contributed by atoms with Gasteiger partial charge in [-0.15, -0.1) is 11.3 Å². The third-order valence-electron chi connectivity index (χ3n) is 20.0. The summed E-state index contributed by atoms with van der Waals surface area (Å²) in [4.78, 5) is 8.03. The highest BCUT2D eigenvalue weighted by atomic mass is 32.1. The average molecular weight is 1140 g/mol. The number of anilines is 9. The molecule has 3 nitrogen and oxygen atoms in total. The molecule has 10 aromatic rings. The number of benzene rings is 9. The van der Waals surface area contributed by atoms with Gasteiger partial charge in [-0.2, -0.15) is 0 Å². The Kier molecular flexibility index (Phi) is 13.6. The molecule has 3 heterocycles. The average Bonchev–Trinajstić information content (AvgIpc) is 1.18. The summed E-state index contributed by atoms with van der Waals surface area (Å²) in [5.74, 6) is 0.731. The number of hydrogen-bond acceptors (Lipinski definition) is 4. The van der Waals surface area contributed by atoms with Crippen LogP contribution in [0, 0.1) is 5.92 Å². The van der Waals surface area contributed by atoms with Crippen LogP contribution in [0.4, 0.5) is 51.2 Å². The normalized spacial score (nSPS) is 17.5. The molecule has 0 saturated heterocycles. The molecule has 2 fully saturated rings. The first-order valence-corrected chi connectivity index (χ1v) is 32.8. The van der Waals surface area contributed by atoms with Gasteiger partial charge in [0.25, 0.3) is 6.71 Å². The molecule has 0 N–H and O–H groups in total. The van der Waals surface area contributed by atoms with Crippen LogP contribution in [0.3, 0.4) is 0 Å². The summed E-state index contributed by atoms with van der Waals surface area (Å²) in [5, 5.41) is 1.30. The van der Waals surface area contributed by atoms with Crippen LogP contribution in [-0.4, -0.2) is 6.71 Å². The van der Waals surface area contributed by atoms with Crippen LogP contribution in [0.1, 0.15) is 156 Å². The van der Waals surface area contributed by atoms with Crippen LogP contribution < -0.4 is 30.4 Å². The van der Waals surface area contributed by atoms with Crippen molar-refractivity contribution in [3.05, 3.63) is 228 Å². The Morgan fingerprint density at radius 1 is 0.453 bits per heavy atom. The molecule has 0 atom stereocenters. The van der Waals surface area contributed by atoms with Crippen molar-refractivity contribution in [3.63, 3.8) is 0 Å². The van der Waals surface area contributed by atoms with E-state index in [1.165, 1.54) is 172 Å². The second-order valence-electron chi connectivity index (χ2n) is 29.9. The van der Waals surface area contributed by atoms with Crippen molar-refractivity contribution >= 4 is 95.0 Å². The molecular weight excluding hydrogens is 1060 g/mol. The summed E-state index contributed by atoms with van der Waals surface area (Å²) in [6.45, 7) is 27.9. The standard InChI is InChI=1S/C81H84BN3S/c1-77(2,3)58-28-36-62(37-29-58)83(63-38-30-59(31-39-63)78(4,5)6)69-51-70-68(50-67(69)81-45-19-21-53(52-81)22-20-46-81)82-74-71(84(70)64-40-32-60(33-41-64)79(7,8)9)48-57(55-25-17-14-18-26-55)49-72(74)85(65-42-34-61(35-43-65)80(10,11)12)75-66-47-56(54-23-15-13-16-24-54)27-44-73(66)86-76(75)82/h13-18,23-44,47-51,53H,19-22,45-46,52H2,1-12H3. The van der Waals surface area contributed by atoms with Gasteiger partial charge >= 0.3 is 0 Å². The third-order valence-corrected chi connectivity index (χ3v) is 21.2. The number of thiophene rings is 1. The van der Waals surface area contributed by atoms with Crippen LogP contribution in [0.25, 0.3) is 32.3 Å². The minimum Gasteiger partial charge on any atom is -0.311 e. The predicted molar refractivity (Wildman–Crippen MR) is 374 cm³/mol. The smallest absolute Gasteiger partial charge is 0.264 e. The fraction of sp³-hybridized carbons (Fsp3) is 0.309. The molecule has 86 heavy (non-hydrogen) atoms. The van der Waals surface area contributed by atoms with Crippen molar-refractivity contribution in [3.8, 4) is 22.3 Å². The Bertz CT molecular complexity index is 4100. The highest BCUT2D eigenvalue weighted by Gasteiger charge is 2.49. The molecule has 432 valence electrons. The van der Waals surface area contributed by atoms with Crippen molar-refractivity contribution in [1.82, 2.24) is 0 Å². The lowest BCUT2D eigenvalue weighted by molar-refractivity contribution is 0.150. The SMILES string of the molecule is CC(C)(C)c1ccc(N(c2ccc(C(C)(C)C)cc2)c2cc3c(cc2C24CCCC(CCC2)C4)B2c4sc5ccc(-c6ccccc6)cc5c4N(c4ccc(C(C)(C)C)cc4)c4cc(-c5ccccc5)cc(c42)N3c2ccc(C(C)(C)C)cc2)cc1. The van der Waals surface area contributed by atoms with E-state index in [4.69, 9.17) is 0 Å². The molecule has 9 aromatic carbocycles. The Labute approximate surface area is 517 Å². The van der Waals surface area contributed by atoms with Gasteiger partial charge in [0.15, 0.2) is 0 Å². The summed E-state index contributed by atoms with van der Waals surface area (Å²) in [5.41, 5.74) is 25.6. The van der Waals surface area contributed by atoms with E-state index in [1.54, 1.807) is 0 Å². The van der Waals surface area contributed by atoms with Crippen LogP contribution in [-0.2, 0) is 27.1 Å². The van der Waals surface area contributed by atoms with Crippen molar-refractivity contribution in [2.24, 2.45) is 5.92 Å². The summed E-state index contributed by atoms with van der Waals surface area (Å²) < 4.78 is 2.72. The van der Waals surface area contributed by atoms with Crippen LogP contribution in [0.5, 0.6) is 0 Å². The Balaban J connectivity index is 1.13. The molecule has 2 aliphatic carbocycles. The topological polar surface area (TPSA) is 9.72 Å². The van der Waals surface area contributed by atoms with E-state index < -0.39 is 0 Å². The quantitative estimate of drug-likeness (QED) is 0.140. The summed E-state index contributed by atoms with van der Waals surface area (Å²) in [6.07, 6.45) is 8.83. The first kappa shape index (κ1) is 56.2. The zero-order valence-electron chi connectivity index (χ0n) is 52.9. The molecule has 0 amide bonds. The number of nitrogens with zero attached hydrogens (tertiary/aromatic N) is 3. The van der Waals surface area contributed by atoms with Gasteiger partial charge in [0.1, 0.15) is 0 Å². The van der Waals surface area contributed by atoms with Gasteiger partial charge in [-0.25, -0.2) is 0 Å². The van der Waals surface area contributed by atoms with Gasteiger partial charge in [-0.1, -0.05) is 230 Å². The molecule has 5 heteroatoms. The van der Waals surface area contributed by atoms with Gasteiger partial charge in [0, 0.05) is 54.7 Å². The number of hydrogen-bond donors (Lipinski definition) is 0. The van der Waals surface area contributed by atoms with Crippen LogP contribution >= 0.6 is 11.3 Å². The van der Waals surface area contributed by atoms with Gasteiger partial charge in [0.2, 0.25) is 0 Å². The molecule has 2 bridgehead atoms. The van der Waals surface area contributed by atoms with E-state index in [2.05, 4.69) is 298 Å². The molecule has 0 unspecified atom stereocenters. The van der Waals surface area contributed by atoms with E-state index in [1.807, 2.05) is 11.3 Å². The van der Waals surface area contributed by atoms with E-state index in [0.717, 1.165) is 5.92 Å². The van der Waals surface area contributed by atoms with Crippen LogP contribution in [0.15, 0.2) is 200 Å². The lowest BCUT2D eigenvalue weighted by atomic mass is 9.35. The van der Waals surface area contributed by atoms with Crippen LogP contribution in [0.2, 0.25) is 0 Å². The van der Waals surface area contributed by atoms with Gasteiger partial charge in [0.05, 0.1) is 11.4 Å². The summed E-state index contributed by atoms with van der Waals surface area (Å²) in [6, 6.07) is 78.4. The van der Waals surface area contributed by atoms with Crippen molar-refractivity contribution in [2.75, 3.05) is 14.7 Å². The monoisotopic (exact) mass is 1140 g/mol. The Morgan fingerprint density at radius 2 is 0.919 bits per heavy atom. The molecule has 2 saturated carbocycles. The fourth-order valence-electron chi connectivity index (χ4n) is 15.2. The van der Waals surface area contributed by atoms with E-state index in [-0.39, 0.29) is 33.8 Å². The minimum atomic E-state index is -0.0552. The summed E-state index contributed by atoms with van der Waals surface area (Å²) >= 11 is 2.01. The highest BCUT2D eigenvalue weighted by Crippen LogP contribution is 2.57. The molecule has 0 radical (unpaired) electrons. The molecule has 14 rings (SSSR count). The van der Waals surface area contributed by atoms with Crippen molar-refractivity contribution in [2.45, 2.75) is 155 Å². The second-order valence-corrected chi connectivity index (χ2v) is 31.0. The fourth-order valence-corrected chi connectivity index (χ4v) is 16.5. The number of rotatable bonds is 8. The lowest BCUT2D eigenvalue weighted by Gasteiger charge is -2.49. The molecule has 1 aromatic heterocycles. The highest BCUT2D eigenvalue weighted by molar-refractivity contribution is 7.33. The van der Waals surface area contributed by atoms with Gasteiger partial charge in [-0.05, 0) is 192 Å².